The van der Waals surface area contributed by atoms with E-state index in [9.17, 15) is 0 Å². The molecule has 1 aromatic rings. The van der Waals surface area contributed by atoms with Crippen molar-refractivity contribution in [2.45, 2.75) is 72.3 Å². The van der Waals surface area contributed by atoms with Gasteiger partial charge in [-0.1, -0.05) is 51.6 Å². The molecule has 0 saturated carbocycles. The molecule has 0 aliphatic carbocycles. The van der Waals surface area contributed by atoms with Crippen molar-refractivity contribution in [3.63, 3.8) is 0 Å². The van der Waals surface area contributed by atoms with Crippen molar-refractivity contribution in [2.24, 2.45) is 13.0 Å². The van der Waals surface area contributed by atoms with E-state index in [4.69, 9.17) is 11.6 Å². The van der Waals surface area contributed by atoms with Crippen LogP contribution in [0.3, 0.4) is 0 Å². The number of hydrogen-bond donors (Lipinski definition) is 1. The molecule has 0 amide bonds. The van der Waals surface area contributed by atoms with E-state index in [0.717, 1.165) is 23.8 Å². The molecule has 4 heteroatoms. The van der Waals surface area contributed by atoms with Crippen molar-refractivity contribution in [1.29, 1.82) is 0 Å². The predicted molar refractivity (Wildman–Crippen MR) is 92.0 cm³/mol. The number of rotatable bonds is 10. The summed E-state index contributed by atoms with van der Waals surface area (Å²) in [6.45, 7) is 9.93. The van der Waals surface area contributed by atoms with Crippen molar-refractivity contribution in [3.8, 4) is 0 Å². The first-order valence-electron chi connectivity index (χ1n) is 8.46. The lowest BCUT2D eigenvalue weighted by Crippen LogP contribution is -2.38. The minimum Gasteiger partial charge on any atom is -0.313 e. The minimum atomic E-state index is 0.502. The molecule has 0 aliphatic heterocycles. The van der Waals surface area contributed by atoms with E-state index in [1.165, 1.54) is 37.7 Å². The Morgan fingerprint density at radius 2 is 1.95 bits per heavy atom. The number of aromatic nitrogens is 2. The zero-order valence-electron chi connectivity index (χ0n) is 14.4. The molecule has 1 N–H and O–H groups in total. The third-order valence-corrected chi connectivity index (χ3v) is 4.85. The number of aryl methyl sites for hydroxylation is 2. The van der Waals surface area contributed by atoms with E-state index in [1.54, 1.807) is 4.68 Å². The number of nitrogens with one attached hydrogen (secondary N) is 1. The van der Waals surface area contributed by atoms with Gasteiger partial charge in [-0.05, 0) is 38.6 Å². The summed E-state index contributed by atoms with van der Waals surface area (Å²) in [7, 11) is 1.92. The first-order chi connectivity index (χ1) is 10.0. The molecule has 3 nitrogen and oxygen atoms in total. The van der Waals surface area contributed by atoms with Gasteiger partial charge in [0.2, 0.25) is 0 Å². The van der Waals surface area contributed by atoms with Gasteiger partial charge in [0.05, 0.1) is 5.69 Å². The molecule has 0 fully saturated rings. The van der Waals surface area contributed by atoms with Crippen LogP contribution in [0, 0.1) is 12.8 Å². The fourth-order valence-corrected chi connectivity index (χ4v) is 3.27. The summed E-state index contributed by atoms with van der Waals surface area (Å²) in [5, 5.41) is 8.99. The Hall–Kier alpha value is -0.540. The van der Waals surface area contributed by atoms with E-state index < -0.39 is 0 Å². The molecule has 0 radical (unpaired) electrons. The van der Waals surface area contributed by atoms with Crippen LogP contribution in [0.5, 0.6) is 0 Å². The molecular weight excluding hydrogens is 282 g/mol. The van der Waals surface area contributed by atoms with Crippen LogP contribution in [0.4, 0.5) is 0 Å². The summed E-state index contributed by atoms with van der Waals surface area (Å²) in [6, 6.07) is 0.502. The first-order valence-corrected chi connectivity index (χ1v) is 8.84. The van der Waals surface area contributed by atoms with E-state index >= 15 is 0 Å². The van der Waals surface area contributed by atoms with Crippen LogP contribution in [0.1, 0.15) is 64.1 Å². The summed E-state index contributed by atoms with van der Waals surface area (Å²) in [4.78, 5) is 0. The van der Waals surface area contributed by atoms with Gasteiger partial charge in [-0.2, -0.15) is 5.10 Å². The Labute approximate surface area is 135 Å². The molecule has 2 atom stereocenters. The van der Waals surface area contributed by atoms with Gasteiger partial charge in [0.1, 0.15) is 5.15 Å². The van der Waals surface area contributed by atoms with Gasteiger partial charge >= 0.3 is 0 Å². The molecule has 1 rings (SSSR count). The molecule has 0 bridgehead atoms. The second-order valence-corrected chi connectivity index (χ2v) is 6.41. The Morgan fingerprint density at radius 1 is 1.24 bits per heavy atom. The van der Waals surface area contributed by atoms with E-state index in [0.29, 0.717) is 12.0 Å². The molecule has 21 heavy (non-hydrogen) atoms. The molecule has 122 valence electrons. The van der Waals surface area contributed by atoms with Crippen molar-refractivity contribution < 1.29 is 0 Å². The quantitative estimate of drug-likeness (QED) is 0.689. The maximum atomic E-state index is 6.42. The van der Waals surface area contributed by atoms with Crippen molar-refractivity contribution in [3.05, 3.63) is 16.4 Å². The molecule has 0 spiro atoms. The third kappa shape index (κ3) is 5.30. The smallest absolute Gasteiger partial charge is 0.130 e. The summed E-state index contributed by atoms with van der Waals surface area (Å²) >= 11 is 6.42. The van der Waals surface area contributed by atoms with Gasteiger partial charge in [-0.25, -0.2) is 0 Å². The van der Waals surface area contributed by atoms with Crippen LogP contribution in [0.25, 0.3) is 0 Å². The SMILES string of the molecule is CCCCC(CC)C(Cc1c(C)nn(C)c1Cl)NCCC. The fourth-order valence-electron chi connectivity index (χ4n) is 3.02. The minimum absolute atomic E-state index is 0.502. The lowest BCUT2D eigenvalue weighted by molar-refractivity contribution is 0.315. The molecule has 1 aromatic heterocycles. The highest BCUT2D eigenvalue weighted by Gasteiger charge is 2.23. The predicted octanol–water partition coefficient (Wildman–Crippen LogP) is 4.51. The second kappa shape index (κ2) is 9.47. The van der Waals surface area contributed by atoms with E-state index in [1.807, 2.05) is 7.05 Å². The van der Waals surface area contributed by atoms with Crippen LogP contribution < -0.4 is 5.32 Å². The second-order valence-electron chi connectivity index (χ2n) is 6.05. The normalized spacial score (nSPS) is 14.4. The molecule has 0 aliphatic rings. The summed E-state index contributed by atoms with van der Waals surface area (Å²) < 4.78 is 1.79. The molecule has 0 aromatic carbocycles. The highest BCUT2D eigenvalue weighted by molar-refractivity contribution is 6.30. The van der Waals surface area contributed by atoms with E-state index in [2.05, 4.69) is 38.1 Å². The fraction of sp³-hybridized carbons (Fsp3) is 0.824. The van der Waals surface area contributed by atoms with Crippen molar-refractivity contribution >= 4 is 11.6 Å². The molecule has 2 unspecified atom stereocenters. The highest BCUT2D eigenvalue weighted by Crippen LogP contribution is 2.25. The zero-order chi connectivity index (χ0) is 15.8. The zero-order valence-corrected chi connectivity index (χ0v) is 15.1. The largest absolute Gasteiger partial charge is 0.313 e. The highest BCUT2D eigenvalue weighted by atomic mass is 35.5. The number of hydrogen-bond acceptors (Lipinski definition) is 2. The molecule has 1 heterocycles. The van der Waals surface area contributed by atoms with Gasteiger partial charge in [0.25, 0.3) is 0 Å². The maximum absolute atomic E-state index is 6.42. The van der Waals surface area contributed by atoms with Crippen LogP contribution in [-0.4, -0.2) is 22.4 Å². The first kappa shape index (κ1) is 18.5. The van der Waals surface area contributed by atoms with Crippen LogP contribution in [-0.2, 0) is 13.5 Å². The Bertz CT molecular complexity index is 414. The van der Waals surface area contributed by atoms with Crippen molar-refractivity contribution in [1.82, 2.24) is 15.1 Å². The molecule has 0 saturated heterocycles. The lowest BCUT2D eigenvalue weighted by atomic mass is 9.87. The average molecular weight is 314 g/mol. The molecular formula is C17H32ClN3. The number of unbranched alkanes of at least 4 members (excludes halogenated alkanes) is 1. The van der Waals surface area contributed by atoms with Gasteiger partial charge < -0.3 is 5.32 Å². The maximum Gasteiger partial charge on any atom is 0.130 e. The van der Waals surface area contributed by atoms with Gasteiger partial charge in [-0.3, -0.25) is 4.68 Å². The van der Waals surface area contributed by atoms with Gasteiger partial charge in [0, 0.05) is 18.7 Å². The average Bonchev–Trinajstić information content (AvgIpc) is 2.71. The Kier molecular flexibility index (Phi) is 8.35. The Balaban J connectivity index is 2.85. The monoisotopic (exact) mass is 313 g/mol. The summed E-state index contributed by atoms with van der Waals surface area (Å²) in [5.74, 6) is 0.715. The van der Waals surface area contributed by atoms with E-state index in [-0.39, 0.29) is 0 Å². The van der Waals surface area contributed by atoms with Crippen LogP contribution >= 0.6 is 11.6 Å². The third-order valence-electron chi connectivity index (χ3n) is 4.37. The summed E-state index contributed by atoms with van der Waals surface area (Å²) in [6.07, 6.45) is 7.25. The van der Waals surface area contributed by atoms with Crippen LogP contribution in [0.15, 0.2) is 0 Å². The van der Waals surface area contributed by atoms with Crippen molar-refractivity contribution in [2.75, 3.05) is 6.54 Å². The lowest BCUT2D eigenvalue weighted by Gasteiger charge is -2.27. The topological polar surface area (TPSA) is 29.9 Å². The van der Waals surface area contributed by atoms with Gasteiger partial charge in [0.15, 0.2) is 0 Å². The number of nitrogens with zero attached hydrogens (tertiary/aromatic N) is 2. The van der Waals surface area contributed by atoms with Gasteiger partial charge in [-0.15, -0.1) is 0 Å². The Morgan fingerprint density at radius 3 is 2.43 bits per heavy atom. The standard InChI is InChI=1S/C17H32ClN3/c1-6-9-10-14(8-3)16(19-11-7-2)12-15-13(4)20-21(5)17(15)18/h14,16,19H,6-12H2,1-5H3. The summed E-state index contributed by atoms with van der Waals surface area (Å²) in [5.41, 5.74) is 2.28. The number of halogens is 1. The van der Waals surface area contributed by atoms with Crippen LogP contribution in [0.2, 0.25) is 5.15 Å².